The molecule has 4 aromatic carbocycles. The average Bonchev–Trinajstić information content (AvgIpc) is 3.58. The molecular formula is C35H27N3O7S. The number of nitrogens with zero attached hydrogens (tertiary/aromatic N) is 3. The molecule has 0 unspecified atom stereocenters. The number of fused-ring (bicyclic) bond motifs is 1. The van der Waals surface area contributed by atoms with Crippen molar-refractivity contribution >= 4 is 75.5 Å². The lowest BCUT2D eigenvalue weighted by Crippen LogP contribution is -2.12. The van der Waals surface area contributed by atoms with E-state index in [0.717, 1.165) is 45.5 Å². The quantitative estimate of drug-likeness (QED) is 0.0447. The van der Waals surface area contributed by atoms with Crippen molar-refractivity contribution < 1.29 is 33.3 Å². The van der Waals surface area contributed by atoms with E-state index in [2.05, 4.69) is 20.0 Å². The number of benzene rings is 4. The van der Waals surface area contributed by atoms with Gasteiger partial charge >= 0.3 is 11.9 Å². The van der Waals surface area contributed by atoms with E-state index in [4.69, 9.17) is 4.42 Å². The molecule has 11 heteroatoms. The highest BCUT2D eigenvalue weighted by molar-refractivity contribution is 7.98. The summed E-state index contributed by atoms with van der Waals surface area (Å²) in [5.41, 5.74) is 3.07. The van der Waals surface area contributed by atoms with E-state index in [1.54, 1.807) is 36.6 Å². The topological polar surface area (TPSA) is 128 Å². The predicted octanol–water partition coefficient (Wildman–Crippen LogP) is 7.66. The fraction of sp³-hybridized carbons (Fsp3) is 0.0857. The first-order valence-electron chi connectivity index (χ1n) is 14.0. The van der Waals surface area contributed by atoms with Gasteiger partial charge < -0.3 is 19.0 Å². The van der Waals surface area contributed by atoms with E-state index in [0.29, 0.717) is 22.3 Å². The van der Waals surface area contributed by atoms with Gasteiger partial charge in [-0.3, -0.25) is 9.59 Å². The van der Waals surface area contributed by atoms with Crippen molar-refractivity contribution in [2.75, 3.05) is 4.90 Å². The summed E-state index contributed by atoms with van der Waals surface area (Å²) >= 11 is 1.50. The summed E-state index contributed by atoms with van der Waals surface area (Å²) in [5, 5.41) is 8.41. The molecule has 0 spiro atoms. The van der Waals surface area contributed by atoms with Crippen LogP contribution in [0.2, 0.25) is 0 Å². The fourth-order valence-corrected chi connectivity index (χ4v) is 5.47. The van der Waals surface area contributed by atoms with Gasteiger partial charge in [-0.1, -0.05) is 40.6 Å². The van der Waals surface area contributed by atoms with Crippen LogP contribution in [0, 0.1) is 0 Å². The van der Waals surface area contributed by atoms with Gasteiger partial charge in [-0.2, -0.15) is 0 Å². The van der Waals surface area contributed by atoms with Gasteiger partial charge in [-0.05, 0) is 72.1 Å². The third kappa shape index (κ3) is 7.82. The van der Waals surface area contributed by atoms with Crippen LogP contribution in [0.25, 0.3) is 10.8 Å². The summed E-state index contributed by atoms with van der Waals surface area (Å²) in [7, 11) is 0. The summed E-state index contributed by atoms with van der Waals surface area (Å²) in [5.74, 6) is -0.816. The number of hydrogen-bond acceptors (Lipinski definition) is 11. The maximum Gasteiger partial charge on any atom is 0.331 e. The van der Waals surface area contributed by atoms with Crippen molar-refractivity contribution in [2.24, 2.45) is 10.3 Å². The van der Waals surface area contributed by atoms with Crippen LogP contribution in [-0.2, 0) is 25.0 Å². The largest absolute Gasteiger partial charge is 0.468 e. The van der Waals surface area contributed by atoms with Gasteiger partial charge in [0.1, 0.15) is 18.2 Å². The molecule has 0 bridgehead atoms. The van der Waals surface area contributed by atoms with Crippen LogP contribution in [0.3, 0.4) is 0 Å². The zero-order valence-electron chi connectivity index (χ0n) is 24.8. The Morgan fingerprint density at radius 1 is 0.739 bits per heavy atom. The highest BCUT2D eigenvalue weighted by Gasteiger charge is 2.20. The molecule has 0 radical (unpaired) electrons. The van der Waals surface area contributed by atoms with Crippen molar-refractivity contribution in [2.45, 2.75) is 24.5 Å². The molecule has 0 saturated heterocycles. The number of carbonyl (C=O) groups is 4. The maximum absolute atomic E-state index is 13.4. The first-order valence-corrected chi connectivity index (χ1v) is 15.0. The second-order valence-electron chi connectivity index (χ2n) is 9.79. The van der Waals surface area contributed by atoms with Gasteiger partial charge in [0.25, 0.3) is 0 Å². The molecule has 5 aromatic rings. The summed E-state index contributed by atoms with van der Waals surface area (Å²) in [6.07, 6.45) is 3.54. The van der Waals surface area contributed by atoms with Crippen LogP contribution in [0.1, 0.15) is 40.3 Å². The molecule has 0 amide bonds. The zero-order valence-corrected chi connectivity index (χ0v) is 25.6. The number of para-hydroxylation sites is 1. The molecule has 1 aromatic heterocycles. The number of ketones is 2. The van der Waals surface area contributed by atoms with Crippen molar-refractivity contribution in [3.8, 4) is 0 Å². The van der Waals surface area contributed by atoms with Crippen molar-refractivity contribution in [1.29, 1.82) is 0 Å². The molecule has 0 fully saturated rings. The van der Waals surface area contributed by atoms with Crippen LogP contribution < -0.4 is 4.90 Å². The third-order valence-corrected chi connectivity index (χ3v) is 7.54. The monoisotopic (exact) mass is 633 g/mol. The lowest BCUT2D eigenvalue weighted by molar-refractivity contribution is -0.141. The van der Waals surface area contributed by atoms with E-state index in [-0.39, 0.29) is 0 Å². The molecule has 230 valence electrons. The maximum atomic E-state index is 13.4. The molecule has 1 heterocycles. The van der Waals surface area contributed by atoms with Crippen molar-refractivity contribution in [3.05, 3.63) is 120 Å². The zero-order chi connectivity index (χ0) is 32.5. The molecule has 0 aliphatic rings. The Morgan fingerprint density at radius 3 is 2.07 bits per heavy atom. The number of rotatable bonds is 12. The molecule has 0 aliphatic carbocycles. The van der Waals surface area contributed by atoms with Gasteiger partial charge in [-0.25, -0.2) is 9.59 Å². The molecule has 0 atom stereocenters. The SMILES string of the molecule is CC(=O)O/N=C/C(=O)c1ccc(N(c2ccccc2)c2cccc3c(C(=O)/C=N/OC(C)=O)cc(SCc4ccco4)cc23)cc1. The van der Waals surface area contributed by atoms with Crippen molar-refractivity contribution in [3.63, 3.8) is 0 Å². The Bertz CT molecular complexity index is 1940. The lowest BCUT2D eigenvalue weighted by Gasteiger charge is -2.27. The summed E-state index contributed by atoms with van der Waals surface area (Å²) in [4.78, 5) is 60.2. The van der Waals surface area contributed by atoms with Crippen LogP contribution in [-0.4, -0.2) is 35.9 Å². The van der Waals surface area contributed by atoms with Gasteiger partial charge in [0, 0.05) is 46.6 Å². The second-order valence-corrected chi connectivity index (χ2v) is 10.8. The highest BCUT2D eigenvalue weighted by atomic mass is 32.2. The number of oxime groups is 2. The van der Waals surface area contributed by atoms with E-state index in [9.17, 15) is 19.2 Å². The van der Waals surface area contributed by atoms with Crippen LogP contribution >= 0.6 is 11.8 Å². The van der Waals surface area contributed by atoms with Gasteiger partial charge in [0.15, 0.2) is 0 Å². The Labute approximate surface area is 268 Å². The number of anilines is 3. The molecule has 0 N–H and O–H groups in total. The molecule has 10 nitrogen and oxygen atoms in total. The Morgan fingerprint density at radius 2 is 1.41 bits per heavy atom. The van der Waals surface area contributed by atoms with E-state index in [1.165, 1.54) is 25.6 Å². The lowest BCUT2D eigenvalue weighted by atomic mass is 9.99. The van der Waals surface area contributed by atoms with Gasteiger partial charge in [-0.15, -0.1) is 11.8 Å². The molecule has 5 rings (SSSR count). The molecule has 0 aliphatic heterocycles. The number of Topliss-reactive ketones (excluding diaryl/α,β-unsaturated/α-hetero) is 2. The number of carbonyl (C=O) groups excluding carboxylic acids is 4. The van der Waals surface area contributed by atoms with E-state index >= 15 is 0 Å². The smallest absolute Gasteiger partial charge is 0.331 e. The van der Waals surface area contributed by atoms with Gasteiger partial charge in [0.05, 0.1) is 17.7 Å². The van der Waals surface area contributed by atoms with Crippen molar-refractivity contribution in [1.82, 2.24) is 0 Å². The Balaban J connectivity index is 1.62. The van der Waals surface area contributed by atoms with Crippen LogP contribution in [0.15, 0.2) is 123 Å². The normalized spacial score (nSPS) is 11.2. The average molecular weight is 634 g/mol. The van der Waals surface area contributed by atoms with Crippen LogP contribution in [0.5, 0.6) is 0 Å². The predicted molar refractivity (Wildman–Crippen MR) is 176 cm³/mol. The number of furan rings is 1. The second kappa shape index (κ2) is 14.8. The number of thioether (sulfide) groups is 1. The van der Waals surface area contributed by atoms with Crippen LogP contribution in [0.4, 0.5) is 17.1 Å². The minimum absolute atomic E-state index is 0.349. The fourth-order valence-electron chi connectivity index (χ4n) is 4.59. The first kappa shape index (κ1) is 31.6. The summed E-state index contributed by atoms with van der Waals surface area (Å²) in [6, 6.07) is 29.7. The third-order valence-electron chi connectivity index (χ3n) is 6.54. The molecule has 46 heavy (non-hydrogen) atoms. The highest BCUT2D eigenvalue weighted by Crippen LogP contribution is 2.41. The molecular weight excluding hydrogens is 606 g/mol. The Hall–Kier alpha value is -5.81. The Kier molecular flexibility index (Phi) is 10.2. The summed E-state index contributed by atoms with van der Waals surface area (Å²) < 4.78 is 5.51. The summed E-state index contributed by atoms with van der Waals surface area (Å²) in [6.45, 7) is 2.39. The minimum Gasteiger partial charge on any atom is -0.468 e. The standard InChI is InChI=1S/C35H27N3O7S/c1-23(39)44-36-20-34(41)25-13-15-27(16-14-25)38(26-8-4-3-5-9-26)33-12-6-11-30-31(33)18-29(46-22-28-10-7-17-43-28)19-32(30)35(42)21-37-45-24(2)40/h3-21H,22H2,1-2H3/b36-20+,37-21+. The number of hydrogen-bond donors (Lipinski definition) is 0. The minimum atomic E-state index is -0.637. The van der Waals surface area contributed by atoms with E-state index in [1.807, 2.05) is 71.6 Å². The first-order chi connectivity index (χ1) is 22.3. The van der Waals surface area contributed by atoms with E-state index < -0.39 is 23.5 Å². The molecule has 0 saturated carbocycles. The van der Waals surface area contributed by atoms with Gasteiger partial charge in [0.2, 0.25) is 11.6 Å².